The highest BCUT2D eigenvalue weighted by molar-refractivity contribution is 7.09. The molecule has 1 fully saturated rings. The molecule has 1 aromatic heterocycles. The number of allylic oxidation sites excluding steroid dienone is 2. The van der Waals surface area contributed by atoms with E-state index in [-0.39, 0.29) is 17.8 Å². The van der Waals surface area contributed by atoms with E-state index >= 15 is 0 Å². The third-order valence-corrected chi connectivity index (χ3v) is 7.49. The molecule has 176 valence electrons. The number of aromatic nitrogens is 1. The minimum atomic E-state index is -0.717. The average Bonchev–Trinajstić information content (AvgIpc) is 3.23. The number of ether oxygens (including phenoxy) is 2. The predicted octanol–water partition coefficient (Wildman–Crippen LogP) is 6.14. The largest absolute Gasteiger partial charge is 0.456 e. The molecule has 1 saturated heterocycles. The van der Waals surface area contributed by atoms with Gasteiger partial charge in [-0.15, -0.1) is 11.3 Å². The van der Waals surface area contributed by atoms with Crippen LogP contribution in [0.1, 0.15) is 83.5 Å². The van der Waals surface area contributed by atoms with Gasteiger partial charge in [0.2, 0.25) is 0 Å². The Bertz CT molecular complexity index is 886. The zero-order valence-corrected chi connectivity index (χ0v) is 21.0. The SMILES string of the molecule is Cc1nc(C2OC2(C)[C@@H]2C/C=C/CCC[C@H](C)C[C@H](C)C(=O)C(C)(C)/C=C/C(=O)O2)cs1. The number of carbonyl (C=O) groups is 2. The van der Waals surface area contributed by atoms with E-state index in [0.29, 0.717) is 12.3 Å². The number of esters is 1. The fraction of sp³-hybridized carbons (Fsp3) is 0.654. The normalized spacial score (nSPS) is 36.3. The van der Waals surface area contributed by atoms with Crippen LogP contribution < -0.4 is 0 Å². The van der Waals surface area contributed by atoms with Gasteiger partial charge in [-0.1, -0.05) is 38.5 Å². The number of hydrogen-bond acceptors (Lipinski definition) is 6. The van der Waals surface area contributed by atoms with Crippen LogP contribution in [-0.2, 0) is 19.1 Å². The van der Waals surface area contributed by atoms with Crippen LogP contribution in [0, 0.1) is 24.2 Å². The number of Topliss-reactive ketones (excluding diaryl/α,β-unsaturated/α-hetero) is 1. The molecule has 2 aliphatic rings. The van der Waals surface area contributed by atoms with Gasteiger partial charge in [0.25, 0.3) is 0 Å². The number of aryl methyl sites for hydroxylation is 1. The molecule has 3 rings (SSSR count). The number of nitrogens with zero attached hydrogens (tertiary/aromatic N) is 1. The molecule has 5 atom stereocenters. The van der Waals surface area contributed by atoms with Crippen molar-refractivity contribution in [1.29, 1.82) is 0 Å². The molecule has 5 nitrogen and oxygen atoms in total. The second-order valence-electron chi connectivity index (χ2n) is 10.2. The van der Waals surface area contributed by atoms with Crippen LogP contribution in [0.2, 0.25) is 0 Å². The van der Waals surface area contributed by atoms with E-state index in [2.05, 4.69) is 24.1 Å². The maximum Gasteiger partial charge on any atom is 0.330 e. The highest BCUT2D eigenvalue weighted by Crippen LogP contribution is 2.53. The van der Waals surface area contributed by atoms with Crippen molar-refractivity contribution in [3.05, 3.63) is 40.4 Å². The van der Waals surface area contributed by atoms with Crippen LogP contribution in [0.25, 0.3) is 0 Å². The lowest BCUT2D eigenvalue weighted by Crippen LogP contribution is -2.32. The molecule has 6 heteroatoms. The van der Waals surface area contributed by atoms with Gasteiger partial charge in [-0.2, -0.15) is 0 Å². The Morgan fingerprint density at radius 1 is 1.16 bits per heavy atom. The summed E-state index contributed by atoms with van der Waals surface area (Å²) in [6.07, 6.45) is 11.4. The monoisotopic (exact) mass is 459 g/mol. The summed E-state index contributed by atoms with van der Waals surface area (Å²) < 4.78 is 11.9. The fourth-order valence-electron chi connectivity index (χ4n) is 4.64. The molecule has 0 aromatic carbocycles. The standard InChI is InChI=1S/C26H37NO4S/c1-17-11-9-7-8-10-12-21(26(6)24(31-26)20-16-32-19(3)27-20)30-22(28)13-14-25(4,5)23(29)18(2)15-17/h8,10,13-14,16-18,21,24H,7,9,11-12,15H2,1-6H3/b10-8+,14-13+/t17-,18-,21-,24?,26?/m0/s1. The van der Waals surface area contributed by atoms with Crippen LogP contribution in [0.3, 0.4) is 0 Å². The molecule has 2 unspecified atom stereocenters. The van der Waals surface area contributed by atoms with Crippen molar-refractivity contribution in [2.24, 2.45) is 17.3 Å². The van der Waals surface area contributed by atoms with Crippen molar-refractivity contribution in [2.75, 3.05) is 0 Å². The van der Waals surface area contributed by atoms with Gasteiger partial charge in [0.1, 0.15) is 23.6 Å². The Morgan fingerprint density at radius 2 is 1.91 bits per heavy atom. The number of epoxide rings is 1. The maximum atomic E-state index is 13.0. The molecule has 0 spiro atoms. The smallest absolute Gasteiger partial charge is 0.330 e. The molecule has 0 saturated carbocycles. The first kappa shape index (κ1) is 24.8. The van der Waals surface area contributed by atoms with E-state index in [1.165, 1.54) is 6.08 Å². The average molecular weight is 460 g/mol. The first-order chi connectivity index (χ1) is 15.0. The third kappa shape index (κ3) is 5.96. The van der Waals surface area contributed by atoms with Crippen molar-refractivity contribution in [1.82, 2.24) is 4.98 Å². The van der Waals surface area contributed by atoms with Gasteiger partial charge in [-0.05, 0) is 52.9 Å². The lowest BCUT2D eigenvalue weighted by molar-refractivity contribution is -0.146. The number of thiazole rings is 1. The van der Waals surface area contributed by atoms with Gasteiger partial charge < -0.3 is 9.47 Å². The fourth-order valence-corrected chi connectivity index (χ4v) is 5.27. The van der Waals surface area contributed by atoms with Crippen molar-refractivity contribution < 1.29 is 19.1 Å². The van der Waals surface area contributed by atoms with Crippen LogP contribution in [0.4, 0.5) is 0 Å². The minimum Gasteiger partial charge on any atom is -0.456 e. The van der Waals surface area contributed by atoms with Crippen LogP contribution in [0.15, 0.2) is 29.7 Å². The Hall–Kier alpha value is -1.79. The number of carbonyl (C=O) groups excluding carboxylic acids is 2. The Morgan fingerprint density at radius 3 is 2.59 bits per heavy atom. The van der Waals surface area contributed by atoms with Gasteiger partial charge >= 0.3 is 5.97 Å². The molecule has 32 heavy (non-hydrogen) atoms. The highest BCUT2D eigenvalue weighted by atomic mass is 32.1. The minimum absolute atomic E-state index is 0.0435. The predicted molar refractivity (Wildman–Crippen MR) is 127 cm³/mol. The molecule has 3 heterocycles. The maximum absolute atomic E-state index is 13.0. The molecule has 0 N–H and O–H groups in total. The van der Waals surface area contributed by atoms with Crippen molar-refractivity contribution in [3.63, 3.8) is 0 Å². The first-order valence-electron chi connectivity index (χ1n) is 11.7. The van der Waals surface area contributed by atoms with Crippen LogP contribution in [0.5, 0.6) is 0 Å². The van der Waals surface area contributed by atoms with Crippen molar-refractivity contribution >= 4 is 23.1 Å². The number of cyclic esters (lactones) is 1. The molecule has 1 aromatic rings. The van der Waals surface area contributed by atoms with Crippen LogP contribution in [-0.4, -0.2) is 28.4 Å². The molecule has 0 radical (unpaired) electrons. The zero-order chi connectivity index (χ0) is 23.5. The van der Waals surface area contributed by atoms with Crippen molar-refractivity contribution in [2.45, 2.75) is 91.5 Å². The van der Waals surface area contributed by atoms with Gasteiger partial charge in [-0.25, -0.2) is 9.78 Å². The highest BCUT2D eigenvalue weighted by Gasteiger charge is 2.60. The number of rotatable bonds is 2. The van der Waals surface area contributed by atoms with Crippen LogP contribution >= 0.6 is 11.3 Å². The molecule has 0 bridgehead atoms. The number of ketones is 1. The summed E-state index contributed by atoms with van der Waals surface area (Å²) in [6.45, 7) is 11.9. The summed E-state index contributed by atoms with van der Waals surface area (Å²) in [5.74, 6) is 0.169. The second-order valence-corrected chi connectivity index (χ2v) is 11.3. The van der Waals surface area contributed by atoms with E-state index in [0.717, 1.165) is 36.4 Å². The summed E-state index contributed by atoms with van der Waals surface area (Å²) >= 11 is 1.59. The summed E-state index contributed by atoms with van der Waals surface area (Å²) in [4.78, 5) is 30.3. The molecule has 2 aliphatic heterocycles. The Kier molecular flexibility index (Phi) is 7.77. The lowest BCUT2D eigenvalue weighted by Gasteiger charge is -2.25. The summed E-state index contributed by atoms with van der Waals surface area (Å²) in [7, 11) is 0. The lowest BCUT2D eigenvalue weighted by atomic mass is 9.78. The van der Waals surface area contributed by atoms with E-state index < -0.39 is 23.1 Å². The van der Waals surface area contributed by atoms with E-state index in [1.807, 2.05) is 40.0 Å². The topological polar surface area (TPSA) is 68.8 Å². The van der Waals surface area contributed by atoms with Gasteiger partial charge in [0.15, 0.2) is 0 Å². The van der Waals surface area contributed by atoms with Gasteiger partial charge in [0, 0.05) is 29.2 Å². The first-order valence-corrected chi connectivity index (χ1v) is 12.6. The number of hydrogen-bond donors (Lipinski definition) is 0. The molecular weight excluding hydrogens is 422 g/mol. The molecule has 0 aliphatic carbocycles. The van der Waals surface area contributed by atoms with Gasteiger partial charge in [0.05, 0.1) is 10.7 Å². The van der Waals surface area contributed by atoms with Crippen molar-refractivity contribution in [3.8, 4) is 0 Å². The van der Waals surface area contributed by atoms with E-state index in [4.69, 9.17) is 9.47 Å². The van der Waals surface area contributed by atoms with E-state index in [9.17, 15) is 9.59 Å². The zero-order valence-electron chi connectivity index (χ0n) is 20.2. The Labute approximate surface area is 196 Å². The van der Waals surface area contributed by atoms with E-state index in [1.54, 1.807) is 17.4 Å². The molecular formula is C26H37NO4S. The summed E-state index contributed by atoms with van der Waals surface area (Å²) in [6, 6.07) is 0. The summed E-state index contributed by atoms with van der Waals surface area (Å²) in [5.41, 5.74) is -0.424. The molecule has 0 amide bonds. The summed E-state index contributed by atoms with van der Waals surface area (Å²) in [5, 5.41) is 3.00. The Balaban J connectivity index is 1.79. The second kappa shape index (κ2) is 10.0. The van der Waals surface area contributed by atoms with Gasteiger partial charge in [-0.3, -0.25) is 4.79 Å². The third-order valence-electron chi connectivity index (χ3n) is 6.70. The quantitative estimate of drug-likeness (QED) is 0.302.